The van der Waals surface area contributed by atoms with Gasteiger partial charge in [-0.3, -0.25) is 0 Å². The quantitative estimate of drug-likeness (QED) is 0.0928. The topological polar surface area (TPSA) is 0 Å². The Balaban J connectivity index is 1.34. The van der Waals surface area contributed by atoms with Gasteiger partial charge in [0, 0.05) is 0 Å². The average molecular weight is 687 g/mol. The van der Waals surface area contributed by atoms with Crippen LogP contribution >= 0.6 is 0 Å². The van der Waals surface area contributed by atoms with Crippen LogP contribution in [0.2, 0.25) is 0 Å². The fourth-order valence-electron chi connectivity index (χ4n) is 8.17. The molecule has 1 heteroatoms. The van der Waals surface area contributed by atoms with Crippen molar-refractivity contribution in [2.75, 3.05) is 0 Å². The highest BCUT2D eigenvalue weighted by Gasteiger charge is 2.21. The highest BCUT2D eigenvalue weighted by atomic mass is 28.2. The predicted molar refractivity (Wildman–Crippen MR) is 230 cm³/mol. The summed E-state index contributed by atoms with van der Waals surface area (Å²) in [5.74, 6) is 0. The highest BCUT2D eigenvalue weighted by molar-refractivity contribution is 6.67. The average Bonchev–Trinajstić information content (AvgIpc) is 3.23. The van der Waals surface area contributed by atoms with E-state index in [4.69, 9.17) is 0 Å². The maximum Gasteiger partial charge on any atom is 0.121 e. The first-order chi connectivity index (χ1) is 26.3. The Morgan fingerprint density at radius 3 is 1.40 bits per heavy atom. The normalized spacial score (nSPS) is 11.5. The van der Waals surface area contributed by atoms with Crippen molar-refractivity contribution in [3.63, 3.8) is 0 Å². The Kier molecular flexibility index (Phi) is 7.78. The lowest BCUT2D eigenvalue weighted by Gasteiger charge is -2.21. The predicted octanol–water partition coefficient (Wildman–Crippen LogP) is 12.6. The fourth-order valence-corrected chi connectivity index (χ4v) is 9.25. The molecule has 0 N–H and O–H groups in total. The Hall–Kier alpha value is -6.54. The van der Waals surface area contributed by atoms with E-state index in [2.05, 4.69) is 206 Å². The van der Waals surface area contributed by atoms with Crippen molar-refractivity contribution in [1.29, 1.82) is 0 Å². The molecule has 0 amide bonds. The van der Waals surface area contributed by atoms with Crippen LogP contribution in [0.4, 0.5) is 0 Å². The van der Waals surface area contributed by atoms with E-state index in [9.17, 15) is 0 Å². The molecule has 0 aliphatic carbocycles. The summed E-state index contributed by atoms with van der Waals surface area (Å²) in [5, 5.41) is 12.8. The molecule has 0 unspecified atom stereocenters. The summed E-state index contributed by atoms with van der Waals surface area (Å²) in [6, 6.07) is 76.1. The molecule has 246 valence electrons. The number of benzene rings is 10. The van der Waals surface area contributed by atoms with Crippen LogP contribution in [-0.4, -0.2) is 9.52 Å². The summed E-state index contributed by atoms with van der Waals surface area (Å²) in [7, 11) is 0.556. The second-order valence-corrected chi connectivity index (χ2v) is 15.2. The molecule has 0 fully saturated rings. The molecule has 10 aromatic rings. The molecule has 0 aliphatic rings. The van der Waals surface area contributed by atoms with Gasteiger partial charge in [-0.15, -0.1) is 0 Å². The maximum atomic E-state index is 2.48. The molecule has 0 aliphatic heterocycles. The summed E-state index contributed by atoms with van der Waals surface area (Å²) in [5.41, 5.74) is 9.92. The zero-order chi connectivity index (χ0) is 35.1. The SMILES string of the molecule is c1ccc([Si]c2ccc3c(-c4cc5ccccc5c5ccccc45)c4ccccc4c(-c4cc(-c5ccccc5)cc(-c5ccccc5)c4)c3c2)cc1. The van der Waals surface area contributed by atoms with Crippen molar-refractivity contribution >= 4 is 63.0 Å². The number of rotatable bonds is 6. The van der Waals surface area contributed by atoms with Crippen molar-refractivity contribution in [3.8, 4) is 44.5 Å². The minimum Gasteiger partial charge on any atom is -0.0631 e. The first-order valence-corrected chi connectivity index (χ1v) is 19.3. The minimum atomic E-state index is 0.556. The zero-order valence-electron chi connectivity index (χ0n) is 29.1. The molecule has 53 heavy (non-hydrogen) atoms. The third-order valence-corrected chi connectivity index (χ3v) is 11.8. The summed E-state index contributed by atoms with van der Waals surface area (Å²) >= 11 is 0. The molecule has 0 bridgehead atoms. The highest BCUT2D eigenvalue weighted by Crippen LogP contribution is 2.47. The maximum absolute atomic E-state index is 2.48. The number of fused-ring (bicyclic) bond motifs is 5. The van der Waals surface area contributed by atoms with E-state index in [1.54, 1.807) is 0 Å². The molecule has 0 spiro atoms. The van der Waals surface area contributed by atoms with Crippen LogP contribution in [0.1, 0.15) is 0 Å². The molecule has 0 saturated heterocycles. The summed E-state index contributed by atoms with van der Waals surface area (Å²) in [6.45, 7) is 0. The molecule has 0 heterocycles. The van der Waals surface area contributed by atoms with Crippen LogP contribution < -0.4 is 10.4 Å². The summed E-state index contributed by atoms with van der Waals surface area (Å²) in [6.07, 6.45) is 0. The lowest BCUT2D eigenvalue weighted by molar-refractivity contribution is 1.58. The standard InChI is InChI=1S/C52H34Si/c1-4-16-35(17-5-1)38-30-39(36-18-6-2-7-19-36)32-40(31-38)51-46-26-14-15-27-47(46)52(48-29-28-42(34-50(48)51)53-41-21-8-3-9-22-41)49-33-37-20-10-11-23-43(37)44-24-12-13-25-45(44)49/h1-34H. The Labute approximate surface area is 312 Å². The van der Waals surface area contributed by atoms with Crippen molar-refractivity contribution in [2.24, 2.45) is 0 Å². The van der Waals surface area contributed by atoms with Gasteiger partial charge in [-0.2, -0.15) is 0 Å². The third-order valence-electron chi connectivity index (χ3n) is 10.6. The van der Waals surface area contributed by atoms with Crippen molar-refractivity contribution in [2.45, 2.75) is 0 Å². The van der Waals surface area contributed by atoms with E-state index < -0.39 is 0 Å². The number of hydrogen-bond acceptors (Lipinski definition) is 0. The van der Waals surface area contributed by atoms with E-state index in [0.717, 1.165) is 0 Å². The molecule has 0 saturated carbocycles. The number of hydrogen-bond donors (Lipinski definition) is 0. The molecular formula is C52H34Si. The van der Waals surface area contributed by atoms with E-state index >= 15 is 0 Å². The molecule has 0 nitrogen and oxygen atoms in total. The molecule has 10 rings (SSSR count). The molecule has 2 radical (unpaired) electrons. The molecular weight excluding hydrogens is 653 g/mol. The van der Waals surface area contributed by atoms with Crippen LogP contribution in [0.3, 0.4) is 0 Å². The molecule has 10 aromatic carbocycles. The lowest BCUT2D eigenvalue weighted by atomic mass is 9.83. The van der Waals surface area contributed by atoms with Gasteiger partial charge in [-0.05, 0) is 112 Å². The van der Waals surface area contributed by atoms with Gasteiger partial charge < -0.3 is 0 Å². The minimum absolute atomic E-state index is 0.556. The van der Waals surface area contributed by atoms with Crippen LogP contribution in [0.5, 0.6) is 0 Å². The lowest BCUT2D eigenvalue weighted by Crippen LogP contribution is -2.26. The van der Waals surface area contributed by atoms with E-state index in [1.165, 1.54) is 98.0 Å². The first-order valence-electron chi connectivity index (χ1n) is 18.3. The van der Waals surface area contributed by atoms with Crippen molar-refractivity contribution in [1.82, 2.24) is 0 Å². The Morgan fingerprint density at radius 2 is 0.736 bits per heavy atom. The van der Waals surface area contributed by atoms with Crippen LogP contribution in [-0.2, 0) is 0 Å². The van der Waals surface area contributed by atoms with Gasteiger partial charge in [0.2, 0.25) is 0 Å². The summed E-state index contributed by atoms with van der Waals surface area (Å²) in [4.78, 5) is 0. The van der Waals surface area contributed by atoms with E-state index in [-0.39, 0.29) is 0 Å². The van der Waals surface area contributed by atoms with Crippen LogP contribution in [0.25, 0.3) is 87.6 Å². The Bertz CT molecular complexity index is 2890. The van der Waals surface area contributed by atoms with Crippen molar-refractivity contribution < 1.29 is 0 Å². The first kappa shape index (κ1) is 31.2. The van der Waals surface area contributed by atoms with Gasteiger partial charge in [-0.1, -0.05) is 192 Å². The van der Waals surface area contributed by atoms with Gasteiger partial charge in [0.25, 0.3) is 0 Å². The fraction of sp³-hybridized carbons (Fsp3) is 0. The smallest absolute Gasteiger partial charge is 0.0631 e. The second kappa shape index (κ2) is 13.2. The van der Waals surface area contributed by atoms with Gasteiger partial charge in [-0.25, -0.2) is 0 Å². The summed E-state index contributed by atoms with van der Waals surface area (Å²) < 4.78 is 0. The van der Waals surface area contributed by atoms with Gasteiger partial charge in [0.15, 0.2) is 0 Å². The Morgan fingerprint density at radius 1 is 0.245 bits per heavy atom. The third kappa shape index (κ3) is 5.63. The van der Waals surface area contributed by atoms with Gasteiger partial charge in [0.05, 0.1) is 0 Å². The van der Waals surface area contributed by atoms with Crippen molar-refractivity contribution in [3.05, 3.63) is 206 Å². The molecule has 0 aromatic heterocycles. The van der Waals surface area contributed by atoms with Crippen LogP contribution in [0.15, 0.2) is 206 Å². The van der Waals surface area contributed by atoms with Crippen LogP contribution in [0, 0.1) is 0 Å². The largest absolute Gasteiger partial charge is 0.121 e. The van der Waals surface area contributed by atoms with Gasteiger partial charge >= 0.3 is 0 Å². The monoisotopic (exact) mass is 686 g/mol. The second-order valence-electron chi connectivity index (χ2n) is 13.8. The molecule has 0 atom stereocenters. The van der Waals surface area contributed by atoms with E-state index in [0.29, 0.717) is 9.52 Å². The van der Waals surface area contributed by atoms with Gasteiger partial charge in [0.1, 0.15) is 9.52 Å². The van der Waals surface area contributed by atoms with E-state index in [1.807, 2.05) is 0 Å². The zero-order valence-corrected chi connectivity index (χ0v) is 30.1.